The van der Waals surface area contributed by atoms with Gasteiger partial charge in [0.25, 0.3) is 5.91 Å². The smallest absolute Gasteiger partial charge is 0.254 e. The molecule has 1 saturated heterocycles. The molecule has 1 aliphatic rings. The van der Waals surface area contributed by atoms with Gasteiger partial charge in [-0.1, -0.05) is 12.1 Å². The molecule has 0 aliphatic carbocycles. The number of benzene rings is 1. The topological polar surface area (TPSA) is 63.7 Å². The summed E-state index contributed by atoms with van der Waals surface area (Å²) in [5.74, 6) is 0.0921. The maximum absolute atomic E-state index is 12.9. The van der Waals surface area contributed by atoms with E-state index < -0.39 is 9.84 Å². The van der Waals surface area contributed by atoms with Crippen LogP contribution in [0, 0.1) is 13.8 Å². The molecule has 1 aromatic carbocycles. The third-order valence-corrected chi connectivity index (χ3v) is 6.03. The molecule has 0 N–H and O–H groups in total. The third kappa shape index (κ3) is 3.67. The van der Waals surface area contributed by atoms with Crippen LogP contribution in [0.4, 0.5) is 0 Å². The quantitative estimate of drug-likeness (QED) is 0.824. The molecule has 1 fully saturated rings. The second kappa shape index (κ2) is 6.79. The maximum Gasteiger partial charge on any atom is 0.254 e. The van der Waals surface area contributed by atoms with Crippen LogP contribution in [0.2, 0.25) is 0 Å². The lowest BCUT2D eigenvalue weighted by molar-refractivity contribution is 0.0623. The van der Waals surface area contributed by atoms with Crippen LogP contribution in [0.5, 0.6) is 0 Å². The maximum atomic E-state index is 12.9. The van der Waals surface area contributed by atoms with Crippen molar-refractivity contribution in [3.05, 3.63) is 34.9 Å². The van der Waals surface area contributed by atoms with Gasteiger partial charge in [0.15, 0.2) is 9.84 Å². The van der Waals surface area contributed by atoms with Crippen molar-refractivity contribution >= 4 is 15.7 Å². The highest BCUT2D eigenvalue weighted by molar-refractivity contribution is 7.91. The largest absolute Gasteiger partial charge is 0.383 e. The Morgan fingerprint density at radius 3 is 2.68 bits per heavy atom. The van der Waals surface area contributed by atoms with Crippen molar-refractivity contribution < 1.29 is 17.9 Å². The molecule has 1 heterocycles. The number of ether oxygens (including phenoxy) is 1. The Balaban J connectivity index is 2.29. The molecule has 1 amide bonds. The van der Waals surface area contributed by atoms with Gasteiger partial charge in [-0.3, -0.25) is 4.79 Å². The minimum atomic E-state index is -3.03. The fourth-order valence-electron chi connectivity index (χ4n) is 2.80. The van der Waals surface area contributed by atoms with E-state index in [9.17, 15) is 13.2 Å². The number of hydrogen-bond donors (Lipinski definition) is 0. The summed E-state index contributed by atoms with van der Waals surface area (Å²) in [6, 6.07) is 5.36. The molecule has 0 spiro atoms. The van der Waals surface area contributed by atoms with Gasteiger partial charge in [0.2, 0.25) is 0 Å². The van der Waals surface area contributed by atoms with Crippen molar-refractivity contribution in [2.45, 2.75) is 26.3 Å². The summed E-state index contributed by atoms with van der Waals surface area (Å²) < 4.78 is 28.5. The number of nitrogens with zero attached hydrogens (tertiary/aromatic N) is 1. The monoisotopic (exact) mass is 325 g/mol. The zero-order valence-corrected chi connectivity index (χ0v) is 14.1. The van der Waals surface area contributed by atoms with Crippen LogP contribution in [-0.2, 0) is 14.6 Å². The van der Waals surface area contributed by atoms with Gasteiger partial charge in [-0.2, -0.15) is 0 Å². The Hall–Kier alpha value is -1.40. The zero-order chi connectivity index (χ0) is 16.3. The van der Waals surface area contributed by atoms with E-state index in [1.54, 1.807) is 18.1 Å². The molecule has 2 rings (SSSR count). The van der Waals surface area contributed by atoms with Crippen LogP contribution in [0.1, 0.15) is 27.9 Å². The van der Waals surface area contributed by atoms with E-state index >= 15 is 0 Å². The first-order chi connectivity index (χ1) is 10.4. The van der Waals surface area contributed by atoms with Crippen LogP contribution in [0.15, 0.2) is 18.2 Å². The second-order valence-electron chi connectivity index (χ2n) is 5.80. The number of rotatable bonds is 5. The van der Waals surface area contributed by atoms with Gasteiger partial charge in [-0.15, -0.1) is 0 Å². The Morgan fingerprint density at radius 2 is 2.09 bits per heavy atom. The Morgan fingerprint density at radius 1 is 1.36 bits per heavy atom. The molecule has 122 valence electrons. The molecule has 5 nitrogen and oxygen atoms in total. The molecule has 22 heavy (non-hydrogen) atoms. The van der Waals surface area contributed by atoms with Crippen LogP contribution in [0.25, 0.3) is 0 Å². The van der Waals surface area contributed by atoms with Crippen LogP contribution >= 0.6 is 0 Å². The molecule has 0 radical (unpaired) electrons. The van der Waals surface area contributed by atoms with Crippen molar-refractivity contribution in [1.29, 1.82) is 0 Å². The standard InChI is InChI=1S/C16H23NO4S/c1-12-5-4-6-15(13(12)2)16(18)17(8-9-21-3)14-7-10-22(19,20)11-14/h4-6,14H,7-11H2,1-3H3. The van der Waals surface area contributed by atoms with E-state index in [-0.39, 0.29) is 23.5 Å². The summed E-state index contributed by atoms with van der Waals surface area (Å²) in [5, 5.41) is 0. The van der Waals surface area contributed by atoms with Gasteiger partial charge in [0, 0.05) is 25.3 Å². The second-order valence-corrected chi connectivity index (χ2v) is 8.02. The number of methoxy groups -OCH3 is 1. The lowest BCUT2D eigenvalue weighted by Gasteiger charge is -2.29. The van der Waals surface area contributed by atoms with Crippen molar-refractivity contribution in [1.82, 2.24) is 4.90 Å². The lowest BCUT2D eigenvalue weighted by Crippen LogP contribution is -2.43. The first-order valence-corrected chi connectivity index (χ1v) is 9.24. The summed E-state index contributed by atoms with van der Waals surface area (Å²) in [7, 11) is -1.46. The minimum absolute atomic E-state index is 0.0489. The van der Waals surface area contributed by atoms with Crippen molar-refractivity contribution in [3.63, 3.8) is 0 Å². The lowest BCUT2D eigenvalue weighted by atomic mass is 10.0. The average Bonchev–Trinajstić information content (AvgIpc) is 2.82. The van der Waals surface area contributed by atoms with Gasteiger partial charge in [-0.25, -0.2) is 8.42 Å². The van der Waals surface area contributed by atoms with Gasteiger partial charge in [-0.05, 0) is 37.5 Å². The number of carbonyl (C=O) groups is 1. The Labute approximate surface area is 132 Å². The number of amides is 1. The predicted molar refractivity (Wildman–Crippen MR) is 85.9 cm³/mol. The van der Waals surface area contributed by atoms with E-state index in [4.69, 9.17) is 4.74 Å². The molecule has 0 saturated carbocycles. The fraction of sp³-hybridized carbons (Fsp3) is 0.562. The molecule has 1 aliphatic heterocycles. The Bertz CT molecular complexity index is 654. The van der Waals surface area contributed by atoms with E-state index in [2.05, 4.69) is 0 Å². The number of sulfone groups is 1. The summed E-state index contributed by atoms with van der Waals surface area (Å²) in [5.41, 5.74) is 2.63. The average molecular weight is 325 g/mol. The normalized spacial score (nSPS) is 20.0. The molecule has 1 atom stereocenters. The number of carbonyl (C=O) groups excluding carboxylic acids is 1. The van der Waals surface area contributed by atoms with E-state index in [0.29, 0.717) is 25.1 Å². The summed E-state index contributed by atoms with van der Waals surface area (Å²) in [6.45, 7) is 4.68. The van der Waals surface area contributed by atoms with Gasteiger partial charge in [0.1, 0.15) is 0 Å². The van der Waals surface area contributed by atoms with Gasteiger partial charge >= 0.3 is 0 Å². The molecule has 6 heteroatoms. The number of aryl methyl sites for hydroxylation is 1. The fourth-order valence-corrected chi connectivity index (χ4v) is 4.53. The summed E-state index contributed by atoms with van der Waals surface area (Å²) in [6.07, 6.45) is 0.503. The van der Waals surface area contributed by atoms with E-state index in [0.717, 1.165) is 11.1 Å². The third-order valence-electron chi connectivity index (χ3n) is 4.28. The molecule has 0 bridgehead atoms. The van der Waals surface area contributed by atoms with E-state index in [1.807, 2.05) is 26.0 Å². The summed E-state index contributed by atoms with van der Waals surface area (Å²) >= 11 is 0. The molecule has 0 aromatic heterocycles. The first kappa shape index (κ1) is 17.0. The zero-order valence-electron chi connectivity index (χ0n) is 13.3. The van der Waals surface area contributed by atoms with Gasteiger partial charge in [0.05, 0.1) is 18.1 Å². The van der Waals surface area contributed by atoms with Crippen molar-refractivity contribution in [3.8, 4) is 0 Å². The molecular weight excluding hydrogens is 302 g/mol. The highest BCUT2D eigenvalue weighted by Crippen LogP contribution is 2.22. The number of hydrogen-bond acceptors (Lipinski definition) is 4. The van der Waals surface area contributed by atoms with E-state index in [1.165, 1.54) is 0 Å². The van der Waals surface area contributed by atoms with Crippen molar-refractivity contribution in [2.75, 3.05) is 31.8 Å². The van der Waals surface area contributed by atoms with Crippen molar-refractivity contribution in [2.24, 2.45) is 0 Å². The molecular formula is C16H23NO4S. The minimum Gasteiger partial charge on any atom is -0.383 e. The SMILES string of the molecule is COCCN(C(=O)c1cccc(C)c1C)C1CCS(=O)(=O)C1. The van der Waals surface area contributed by atoms with Crippen LogP contribution in [-0.4, -0.2) is 57.0 Å². The highest BCUT2D eigenvalue weighted by atomic mass is 32.2. The molecule has 1 aromatic rings. The molecule has 1 unspecified atom stereocenters. The highest BCUT2D eigenvalue weighted by Gasteiger charge is 2.35. The van der Waals surface area contributed by atoms with Crippen LogP contribution < -0.4 is 0 Å². The van der Waals surface area contributed by atoms with Gasteiger partial charge < -0.3 is 9.64 Å². The first-order valence-electron chi connectivity index (χ1n) is 7.42. The summed E-state index contributed by atoms with van der Waals surface area (Å²) in [4.78, 5) is 14.6. The predicted octanol–water partition coefficient (Wildman–Crippen LogP) is 1.58. The van der Waals surface area contributed by atoms with Crippen LogP contribution in [0.3, 0.4) is 0 Å². The Kier molecular flexibility index (Phi) is 5.24.